The van der Waals surface area contributed by atoms with E-state index in [-0.39, 0.29) is 24.2 Å². The van der Waals surface area contributed by atoms with Crippen molar-refractivity contribution in [3.05, 3.63) is 0 Å². The van der Waals surface area contributed by atoms with Crippen molar-refractivity contribution < 1.29 is 14.6 Å². The third-order valence-corrected chi connectivity index (χ3v) is 4.95. The van der Waals surface area contributed by atoms with Crippen LogP contribution in [-0.2, 0) is 4.74 Å². The normalized spacial score (nSPS) is 29.7. The van der Waals surface area contributed by atoms with E-state index in [2.05, 4.69) is 17.1 Å². The van der Waals surface area contributed by atoms with Crippen molar-refractivity contribution in [2.45, 2.75) is 64.6 Å². The first-order chi connectivity index (χ1) is 10.0. The van der Waals surface area contributed by atoms with E-state index in [1.807, 2.05) is 13.8 Å². The van der Waals surface area contributed by atoms with E-state index in [9.17, 15) is 9.90 Å². The second-order valence-electron chi connectivity index (χ2n) is 6.57. The molecular weight excluding hydrogens is 268 g/mol. The van der Waals surface area contributed by atoms with Gasteiger partial charge >= 0.3 is 6.09 Å². The molecule has 1 heterocycles. The minimum Gasteiger partial charge on any atom is -0.450 e. The fraction of sp³-hybridized carbons (Fsp3) is 0.938. The second kappa shape index (κ2) is 7.45. The molecule has 0 aromatic rings. The lowest BCUT2D eigenvalue weighted by molar-refractivity contribution is 0.0175. The lowest BCUT2D eigenvalue weighted by Crippen LogP contribution is -2.55. The zero-order valence-corrected chi connectivity index (χ0v) is 13.5. The predicted octanol–water partition coefficient (Wildman–Crippen LogP) is 1.99. The summed E-state index contributed by atoms with van der Waals surface area (Å²) in [6.07, 6.45) is 3.60. The summed E-state index contributed by atoms with van der Waals surface area (Å²) in [4.78, 5) is 14.1. The van der Waals surface area contributed by atoms with Crippen LogP contribution in [0.1, 0.15) is 46.5 Å². The lowest BCUT2D eigenvalue weighted by Gasteiger charge is -2.42. The fourth-order valence-electron chi connectivity index (χ4n) is 3.44. The maximum Gasteiger partial charge on any atom is 0.407 e. The van der Waals surface area contributed by atoms with Crippen LogP contribution in [0.4, 0.5) is 4.79 Å². The first-order valence-electron chi connectivity index (χ1n) is 8.40. The molecule has 0 aromatic carbocycles. The van der Waals surface area contributed by atoms with Gasteiger partial charge in [-0.05, 0) is 51.4 Å². The van der Waals surface area contributed by atoms with Crippen LogP contribution < -0.4 is 5.32 Å². The molecule has 2 N–H and O–H groups in total. The van der Waals surface area contributed by atoms with E-state index < -0.39 is 0 Å². The number of likely N-dealkylation sites (tertiary alicyclic amines) is 1. The zero-order valence-electron chi connectivity index (χ0n) is 13.5. The van der Waals surface area contributed by atoms with Gasteiger partial charge in [-0.1, -0.05) is 6.92 Å². The molecule has 4 atom stereocenters. The molecule has 2 rings (SSSR count). The number of ether oxygens (including phenoxy) is 1. The number of alkyl carbamates (subject to hydrolysis) is 1. The molecule has 1 amide bonds. The molecule has 5 heteroatoms. The molecule has 1 saturated carbocycles. The Morgan fingerprint density at radius 1 is 1.33 bits per heavy atom. The highest BCUT2D eigenvalue weighted by Gasteiger charge is 2.38. The van der Waals surface area contributed by atoms with Crippen LogP contribution in [0, 0.1) is 11.8 Å². The van der Waals surface area contributed by atoms with Gasteiger partial charge in [-0.25, -0.2) is 4.79 Å². The molecule has 0 bridgehead atoms. The van der Waals surface area contributed by atoms with Gasteiger partial charge in [0.05, 0.1) is 12.7 Å². The van der Waals surface area contributed by atoms with Crippen molar-refractivity contribution in [1.29, 1.82) is 0 Å². The molecular formula is C16H30N2O3. The van der Waals surface area contributed by atoms with Gasteiger partial charge in [0.1, 0.15) is 0 Å². The molecule has 5 nitrogen and oxygen atoms in total. The van der Waals surface area contributed by atoms with Gasteiger partial charge in [-0.15, -0.1) is 0 Å². The number of aliphatic hydroxyl groups excluding tert-OH is 1. The van der Waals surface area contributed by atoms with E-state index >= 15 is 0 Å². The highest BCUT2D eigenvalue weighted by atomic mass is 16.5. The summed E-state index contributed by atoms with van der Waals surface area (Å²) < 4.78 is 4.99. The topological polar surface area (TPSA) is 61.8 Å². The van der Waals surface area contributed by atoms with Crippen molar-refractivity contribution in [3.8, 4) is 0 Å². The highest BCUT2D eigenvalue weighted by molar-refractivity contribution is 5.67. The number of aliphatic hydroxyl groups is 1. The van der Waals surface area contributed by atoms with Crippen LogP contribution in [0.5, 0.6) is 0 Å². The van der Waals surface area contributed by atoms with E-state index in [1.165, 1.54) is 12.8 Å². The molecule has 21 heavy (non-hydrogen) atoms. The summed E-state index contributed by atoms with van der Waals surface area (Å²) in [5.74, 6) is 1.03. The van der Waals surface area contributed by atoms with Crippen molar-refractivity contribution in [2.75, 3.05) is 19.7 Å². The van der Waals surface area contributed by atoms with Crippen LogP contribution in [0.15, 0.2) is 0 Å². The third kappa shape index (κ3) is 4.58. The number of nitrogens with one attached hydrogen (secondary N) is 1. The zero-order chi connectivity index (χ0) is 15.4. The number of hydrogen-bond donors (Lipinski definition) is 2. The molecule has 0 spiro atoms. The van der Waals surface area contributed by atoms with Gasteiger partial charge in [0.25, 0.3) is 0 Å². The Hall–Kier alpha value is -0.810. The maximum atomic E-state index is 11.7. The molecule has 1 aliphatic heterocycles. The lowest BCUT2D eigenvalue weighted by atomic mass is 9.87. The number of piperidine rings is 1. The van der Waals surface area contributed by atoms with Gasteiger partial charge in [-0.2, -0.15) is 0 Å². The average Bonchev–Trinajstić information content (AvgIpc) is 3.30. The van der Waals surface area contributed by atoms with Gasteiger partial charge in [0, 0.05) is 25.2 Å². The fourth-order valence-corrected chi connectivity index (χ4v) is 3.44. The number of carbonyl (C=O) groups excluding carboxylic acids is 1. The van der Waals surface area contributed by atoms with Gasteiger partial charge in [0.15, 0.2) is 0 Å². The van der Waals surface area contributed by atoms with Gasteiger partial charge in [0.2, 0.25) is 0 Å². The van der Waals surface area contributed by atoms with Gasteiger partial charge < -0.3 is 15.2 Å². The molecule has 2 aliphatic rings. The first-order valence-corrected chi connectivity index (χ1v) is 8.40. The van der Waals surface area contributed by atoms with Crippen LogP contribution in [-0.4, -0.2) is 54.0 Å². The minimum absolute atomic E-state index is 0.0743. The molecule has 1 saturated heterocycles. The number of rotatable bonds is 6. The Morgan fingerprint density at radius 2 is 2.05 bits per heavy atom. The quantitative estimate of drug-likeness (QED) is 0.787. The smallest absolute Gasteiger partial charge is 0.407 e. The summed E-state index contributed by atoms with van der Waals surface area (Å²) in [6, 6.07) is 0.619. The summed E-state index contributed by atoms with van der Waals surface area (Å²) in [7, 11) is 0. The Bertz CT molecular complexity index is 346. The second-order valence-corrected chi connectivity index (χ2v) is 6.57. The third-order valence-electron chi connectivity index (χ3n) is 4.95. The molecule has 2 fully saturated rings. The summed E-state index contributed by atoms with van der Waals surface area (Å²) in [5.41, 5.74) is 0. The van der Waals surface area contributed by atoms with E-state index in [0.29, 0.717) is 12.6 Å². The maximum absolute atomic E-state index is 11.7. The summed E-state index contributed by atoms with van der Waals surface area (Å²) in [5, 5.41) is 13.2. The van der Waals surface area contributed by atoms with Crippen molar-refractivity contribution in [3.63, 3.8) is 0 Å². The first kappa shape index (κ1) is 16.6. The van der Waals surface area contributed by atoms with Crippen molar-refractivity contribution >= 4 is 6.09 Å². The van der Waals surface area contributed by atoms with Crippen LogP contribution in [0.25, 0.3) is 0 Å². The van der Waals surface area contributed by atoms with E-state index in [0.717, 1.165) is 31.8 Å². The van der Waals surface area contributed by atoms with E-state index in [1.54, 1.807) is 0 Å². The van der Waals surface area contributed by atoms with Crippen molar-refractivity contribution in [1.82, 2.24) is 10.2 Å². The number of hydrogen-bond acceptors (Lipinski definition) is 4. The molecule has 122 valence electrons. The Kier molecular flexibility index (Phi) is 5.88. The molecule has 0 aromatic heterocycles. The summed E-state index contributed by atoms with van der Waals surface area (Å²) in [6.45, 7) is 8.30. The van der Waals surface area contributed by atoms with Crippen LogP contribution >= 0.6 is 0 Å². The minimum atomic E-state index is -0.340. The molecule has 0 radical (unpaired) electrons. The molecule has 4 unspecified atom stereocenters. The Balaban J connectivity index is 1.97. The predicted molar refractivity (Wildman–Crippen MR) is 82.1 cm³/mol. The SMILES string of the molecule is CCOC(=O)NC1CC(C(O)CC)CN(C(C)C2CC2)C1. The summed E-state index contributed by atoms with van der Waals surface area (Å²) >= 11 is 0. The Morgan fingerprint density at radius 3 is 2.62 bits per heavy atom. The monoisotopic (exact) mass is 298 g/mol. The largest absolute Gasteiger partial charge is 0.450 e. The number of carbonyl (C=O) groups is 1. The number of nitrogens with zero attached hydrogens (tertiary/aromatic N) is 1. The highest BCUT2D eigenvalue weighted by Crippen LogP contribution is 2.37. The van der Waals surface area contributed by atoms with E-state index in [4.69, 9.17) is 4.74 Å². The number of amides is 1. The standard InChI is InChI=1S/C16H30N2O3/c1-4-15(19)13-8-14(17-16(20)21-5-2)10-18(9-13)11(3)12-6-7-12/h11-15,19H,4-10H2,1-3H3,(H,17,20). The van der Waals surface area contributed by atoms with Crippen molar-refractivity contribution in [2.24, 2.45) is 11.8 Å². The van der Waals surface area contributed by atoms with Crippen LogP contribution in [0.3, 0.4) is 0 Å². The van der Waals surface area contributed by atoms with Crippen LogP contribution in [0.2, 0.25) is 0 Å². The average molecular weight is 298 g/mol. The molecule has 1 aliphatic carbocycles. The van der Waals surface area contributed by atoms with Gasteiger partial charge in [-0.3, -0.25) is 4.90 Å². The Labute approximate surface area is 128 Å².